The van der Waals surface area contributed by atoms with E-state index in [1.807, 2.05) is 206 Å². The Morgan fingerprint density at radius 3 is 1.07 bits per heavy atom. The van der Waals surface area contributed by atoms with E-state index in [1.165, 1.54) is 32.2 Å². The lowest BCUT2D eigenvalue weighted by atomic mass is 9.87. The third-order valence-corrected chi connectivity index (χ3v) is 26.5. The van der Waals surface area contributed by atoms with Crippen LogP contribution in [0.1, 0.15) is 52.7 Å². The average Bonchev–Trinajstić information content (AvgIpc) is 0.788. The highest BCUT2D eigenvalue weighted by atomic mass is 79.9. The lowest BCUT2D eigenvalue weighted by molar-refractivity contribution is -0.115. The number of sulfonamides is 3. The van der Waals surface area contributed by atoms with Gasteiger partial charge in [0.1, 0.15) is 10.6 Å². The largest absolute Gasteiger partial charge is 0.495 e. The number of piperazine rings is 3. The second kappa shape index (κ2) is 39.3. The van der Waals surface area contributed by atoms with Gasteiger partial charge in [-0.1, -0.05) is 116 Å². The molecule has 32 heteroatoms. The molecule has 6 N–H and O–H groups in total. The lowest BCUT2D eigenvalue weighted by Crippen LogP contribution is -2.49. The van der Waals surface area contributed by atoms with E-state index in [1.54, 1.807) is 57.5 Å². The van der Waals surface area contributed by atoms with Crippen LogP contribution < -0.4 is 51.3 Å². The molecule has 0 saturated carbocycles. The number of methoxy groups -OCH3 is 1. The summed E-state index contributed by atoms with van der Waals surface area (Å²) in [7, 11) is -9.11. The van der Waals surface area contributed by atoms with E-state index >= 15 is 0 Å². The van der Waals surface area contributed by atoms with Crippen LogP contribution in [-0.2, 0) is 55.6 Å². The number of carbonyl (C=O) groups is 3. The summed E-state index contributed by atoms with van der Waals surface area (Å²) in [6.45, 7) is 16.9. The van der Waals surface area contributed by atoms with Gasteiger partial charge < -0.3 is 51.3 Å². The van der Waals surface area contributed by atoms with Crippen molar-refractivity contribution in [2.45, 2.75) is 62.5 Å². The number of nitrogens with zero attached hydrogens (tertiary/aromatic N) is 12. The molecule has 0 unspecified atom stereocenters. The van der Waals surface area contributed by atoms with Crippen molar-refractivity contribution in [2.75, 3.05) is 132 Å². The molecule has 3 aliphatic heterocycles. The van der Waals surface area contributed by atoms with Crippen LogP contribution in [0.2, 0.25) is 0 Å². The molecule has 0 aliphatic carbocycles. The molecule has 0 spiro atoms. The molecule has 3 saturated heterocycles. The number of benzene rings is 9. The van der Waals surface area contributed by atoms with Crippen molar-refractivity contribution >= 4 is 133 Å². The van der Waals surface area contributed by atoms with Crippen LogP contribution >= 0.6 is 15.9 Å². The van der Waals surface area contributed by atoms with Gasteiger partial charge in [0, 0.05) is 190 Å². The fraction of sp³-hybridized carbons (Fsp3) is 0.233. The zero-order chi connectivity index (χ0) is 86.1. The van der Waals surface area contributed by atoms with Crippen molar-refractivity contribution < 1.29 is 44.4 Å². The third kappa shape index (κ3) is 23.1. The molecule has 3 aliphatic rings. The van der Waals surface area contributed by atoms with E-state index in [9.17, 15) is 39.6 Å². The quantitative estimate of drug-likeness (QED) is 0.0346. The summed E-state index contributed by atoms with van der Waals surface area (Å²) in [6, 6.07) is 73.3. The molecule has 0 radical (unpaired) electrons. The summed E-state index contributed by atoms with van der Waals surface area (Å²) in [5.74, 6) is 1.41. The predicted molar refractivity (Wildman–Crippen MR) is 485 cm³/mol. The average molecular weight is 1760 g/mol. The van der Waals surface area contributed by atoms with E-state index in [0.29, 0.717) is 111 Å². The molecular formula is C90H95BrN18O10S3. The molecule has 28 nitrogen and oxygen atoms in total. The minimum Gasteiger partial charge on any atom is -0.495 e. The van der Waals surface area contributed by atoms with Crippen LogP contribution in [0.25, 0.3) is 33.8 Å². The van der Waals surface area contributed by atoms with Gasteiger partial charge >= 0.3 is 0 Å². The number of ether oxygens (including phenoxy) is 1. The maximum atomic E-state index is 13.3. The highest BCUT2D eigenvalue weighted by Crippen LogP contribution is 2.34. The van der Waals surface area contributed by atoms with Crippen LogP contribution in [-0.4, -0.2) is 171 Å². The van der Waals surface area contributed by atoms with E-state index in [0.717, 1.165) is 96.1 Å². The molecule has 9 aromatic carbocycles. The molecule has 3 aromatic heterocycles. The highest BCUT2D eigenvalue weighted by Gasteiger charge is 2.33. The normalized spacial score (nSPS) is 14.2. The molecule has 12 aromatic rings. The Kier molecular flexibility index (Phi) is 28.1. The standard InChI is InChI=1S/C32H36N6O3S.C29H29BrN6O4S.C29H30N6O3S/c1-23(39)34-26-9-5-24(6-10-26)30-17-18-33-31(36-30)35-27-11-13-28(14-12-27)37-19-21-38(22-20-37)42(40,41)29-15-7-25(8-16-29)32(2,3)4;1-20(37)32-23-6-3-21(4-7-23)26-13-14-31-29(34-26)33-24-8-10-25(11-9-24)35-15-17-36(18-16-35)41(38,39)28-19-22(30)5-12-27(28)40-2;1-22(36)31-25-9-7-24(8-10-25)28-15-16-30-29(33-28)32-26-11-13-27(14-12-26)34-17-19-35(20-18-34)39(37,38)21-23-5-3-2-4-6-23/h5-18H,19-22H2,1-4H3,(H,34,39)(H,33,35,36);3-14,19H,15-18H2,1-2H3,(H,32,37)(H,31,33,34);2-16H,17-21H2,1H3,(H,31,36)(H,30,32,33). The smallest absolute Gasteiger partial charge is 0.246 e. The predicted octanol–water partition coefficient (Wildman–Crippen LogP) is 15.3. The van der Waals surface area contributed by atoms with Gasteiger partial charge in [-0.3, -0.25) is 14.4 Å². The second-order valence-electron chi connectivity index (χ2n) is 30.1. The molecule has 630 valence electrons. The summed E-state index contributed by atoms with van der Waals surface area (Å²) in [6.07, 6.45) is 5.09. The van der Waals surface area contributed by atoms with Crippen molar-refractivity contribution in [1.29, 1.82) is 0 Å². The lowest BCUT2D eigenvalue weighted by Gasteiger charge is -2.35. The first-order valence-corrected chi connectivity index (χ1v) is 44.8. The van der Waals surface area contributed by atoms with E-state index in [4.69, 9.17) is 4.74 Å². The number of amides is 3. The van der Waals surface area contributed by atoms with Crippen LogP contribution in [0.15, 0.2) is 269 Å². The number of aromatic nitrogens is 6. The van der Waals surface area contributed by atoms with Gasteiger partial charge in [0.2, 0.25) is 65.6 Å². The Bertz CT molecular complexity index is 5970. The first kappa shape index (κ1) is 87.3. The van der Waals surface area contributed by atoms with E-state index in [-0.39, 0.29) is 33.8 Å². The van der Waals surface area contributed by atoms with Gasteiger partial charge in [-0.05, 0) is 174 Å². The van der Waals surface area contributed by atoms with Crippen molar-refractivity contribution in [3.8, 4) is 39.5 Å². The Hall–Kier alpha value is -12.6. The zero-order valence-electron chi connectivity index (χ0n) is 68.5. The van der Waals surface area contributed by atoms with Crippen LogP contribution in [0.3, 0.4) is 0 Å². The monoisotopic (exact) mass is 1760 g/mol. The molecule has 3 amide bonds. The molecule has 3 fully saturated rings. The first-order valence-electron chi connectivity index (χ1n) is 39.5. The van der Waals surface area contributed by atoms with Gasteiger partial charge in [-0.25, -0.2) is 55.2 Å². The SMILES string of the molecule is CC(=O)Nc1ccc(-c2ccnc(Nc3ccc(N4CCN(S(=O)(=O)Cc5ccccc5)CC4)cc3)n2)cc1.CC(=O)Nc1ccc(-c2ccnc(Nc3ccc(N4CCN(S(=O)(=O)c5ccc(C(C)(C)C)cc5)CC4)cc3)n2)cc1.COc1ccc(Br)cc1S(=O)(=O)N1CCN(c2ccc(Nc3nccc(-c4ccc(NC(C)=O)cc4)n3)cc2)CC1. The van der Waals surface area contributed by atoms with Crippen molar-refractivity contribution in [2.24, 2.45) is 0 Å². The number of halogens is 1. The molecule has 122 heavy (non-hydrogen) atoms. The summed E-state index contributed by atoms with van der Waals surface area (Å²) < 4.78 is 89.5. The molecular weight excluding hydrogens is 1670 g/mol. The number of hydrogen-bond donors (Lipinski definition) is 6. The molecule has 0 atom stereocenters. The van der Waals surface area contributed by atoms with Gasteiger partial charge in [-0.2, -0.15) is 12.9 Å². The summed E-state index contributed by atoms with van der Waals surface area (Å²) in [4.78, 5) is 67.7. The zero-order valence-corrected chi connectivity index (χ0v) is 72.5. The second-order valence-corrected chi connectivity index (χ2v) is 36.8. The molecule has 15 rings (SSSR count). The molecule has 6 heterocycles. The number of anilines is 12. The number of rotatable bonds is 23. The summed E-state index contributed by atoms with van der Waals surface area (Å²) >= 11 is 3.36. The van der Waals surface area contributed by atoms with Crippen molar-refractivity contribution in [3.63, 3.8) is 0 Å². The Morgan fingerprint density at radius 1 is 0.393 bits per heavy atom. The number of hydrogen-bond acceptors (Lipinski definition) is 22. The van der Waals surface area contributed by atoms with E-state index < -0.39 is 30.1 Å². The maximum absolute atomic E-state index is 13.3. The van der Waals surface area contributed by atoms with Crippen LogP contribution in [0, 0.1) is 0 Å². The summed E-state index contributed by atoms with van der Waals surface area (Å²) in [5, 5.41) is 18.0. The fourth-order valence-corrected chi connectivity index (χ4v) is 19.0. The Morgan fingerprint density at radius 2 is 0.730 bits per heavy atom. The van der Waals surface area contributed by atoms with E-state index in [2.05, 4.69) is 113 Å². The minimum absolute atomic E-state index is 0.0276. The van der Waals surface area contributed by atoms with Crippen molar-refractivity contribution in [3.05, 3.63) is 271 Å². The minimum atomic E-state index is -3.69. The maximum Gasteiger partial charge on any atom is 0.246 e. The molecule has 0 bridgehead atoms. The van der Waals surface area contributed by atoms with Gasteiger partial charge in [-0.15, -0.1) is 0 Å². The first-order chi connectivity index (χ1) is 58.6. The topological polar surface area (TPSA) is 332 Å². The summed E-state index contributed by atoms with van der Waals surface area (Å²) in [5.41, 5.74) is 14.7. The number of nitrogens with one attached hydrogen (secondary N) is 6. The number of carbonyl (C=O) groups excluding carboxylic acids is 3. The van der Waals surface area contributed by atoms with Gasteiger partial charge in [0.15, 0.2) is 0 Å². The Balaban J connectivity index is 0.000000158. The fourth-order valence-electron chi connectivity index (χ4n) is 13.9. The van der Waals surface area contributed by atoms with Crippen LogP contribution in [0.4, 0.5) is 69.0 Å². The third-order valence-electron chi connectivity index (χ3n) is 20.3. The van der Waals surface area contributed by atoms with Crippen LogP contribution in [0.5, 0.6) is 5.75 Å². The van der Waals surface area contributed by atoms with Gasteiger partial charge in [0.25, 0.3) is 0 Å². The van der Waals surface area contributed by atoms with Crippen molar-refractivity contribution in [1.82, 2.24) is 42.8 Å². The van der Waals surface area contributed by atoms with Gasteiger partial charge in [0.05, 0.1) is 34.8 Å². The highest BCUT2D eigenvalue weighted by molar-refractivity contribution is 9.10. The Labute approximate surface area is 720 Å².